The molecule has 0 radical (unpaired) electrons. The van der Waals surface area contributed by atoms with E-state index in [9.17, 15) is 13.6 Å². The van der Waals surface area contributed by atoms with E-state index in [1.165, 1.54) is 24.3 Å². The first-order valence-electron chi connectivity index (χ1n) is 10.8. The Hall–Kier alpha value is -3.59. The van der Waals surface area contributed by atoms with Crippen molar-refractivity contribution in [3.05, 3.63) is 66.1 Å². The summed E-state index contributed by atoms with van der Waals surface area (Å²) in [5, 5.41) is 11.0. The van der Waals surface area contributed by atoms with Gasteiger partial charge in [-0.25, -0.2) is 4.98 Å². The van der Waals surface area contributed by atoms with E-state index < -0.39 is 5.57 Å². The molecule has 5 rings (SSSR count). The molecule has 3 heterocycles. The number of carbonyl (C=O) groups excluding carboxylic acids is 1. The highest BCUT2D eigenvalue weighted by Gasteiger charge is 2.28. The van der Waals surface area contributed by atoms with Crippen molar-refractivity contribution in [1.82, 2.24) is 19.7 Å². The zero-order valence-corrected chi connectivity index (χ0v) is 18.9. The number of hydrogen-bond acceptors (Lipinski definition) is 5. The van der Waals surface area contributed by atoms with E-state index in [0.29, 0.717) is 28.4 Å². The number of nitrogens with zero attached hydrogens (tertiary/aromatic N) is 4. The molecule has 0 unspecified atom stereocenters. The predicted molar refractivity (Wildman–Crippen MR) is 124 cm³/mol. The monoisotopic (exact) mass is 483 g/mol. The van der Waals surface area contributed by atoms with Gasteiger partial charge in [0.25, 0.3) is 5.91 Å². The number of amides is 1. The van der Waals surface area contributed by atoms with Gasteiger partial charge in [-0.1, -0.05) is 6.92 Å². The topological polar surface area (TPSA) is 81.9 Å². The van der Waals surface area contributed by atoms with Gasteiger partial charge in [-0.05, 0) is 61.4 Å². The number of halogens is 3. The molecule has 10 heteroatoms. The number of ether oxygens (including phenoxy) is 1. The maximum atomic E-state index is 13.1. The largest absolute Gasteiger partial charge is 0.487 e. The summed E-state index contributed by atoms with van der Waals surface area (Å²) in [7, 11) is 0. The maximum Gasteiger partial charge on any atom is 0.487 e. The van der Waals surface area contributed by atoms with E-state index in [1.807, 2.05) is 6.07 Å². The number of hydrogen-bond donors (Lipinski definition) is 1. The molecule has 2 aromatic carbocycles. The highest BCUT2D eigenvalue weighted by molar-refractivity contribution is 6.20. The highest BCUT2D eigenvalue weighted by Crippen LogP contribution is 2.36. The maximum absolute atomic E-state index is 13.1. The molecular weight excluding hydrogens is 464 g/mol. The smallest absolute Gasteiger partial charge is 0.420 e. The fraction of sp³-hybridized carbons (Fsp3) is 0.250. The van der Waals surface area contributed by atoms with Crippen molar-refractivity contribution in [2.45, 2.75) is 37.8 Å². The molecule has 4 aromatic rings. The van der Waals surface area contributed by atoms with Gasteiger partial charge in [0.1, 0.15) is 11.6 Å². The Bertz CT molecular complexity index is 1350. The molecule has 0 aliphatic carbocycles. The molecule has 0 spiro atoms. The summed E-state index contributed by atoms with van der Waals surface area (Å²) in [5.74, 6) is 0.814. The first-order chi connectivity index (χ1) is 16.3. The first-order valence-corrected chi connectivity index (χ1v) is 11.2. The number of alkyl halides is 3. The van der Waals surface area contributed by atoms with Crippen molar-refractivity contribution in [3.63, 3.8) is 0 Å². The lowest BCUT2D eigenvalue weighted by atomic mass is 10.0. The van der Waals surface area contributed by atoms with Gasteiger partial charge in [0.15, 0.2) is 0 Å². The molecule has 1 amide bonds. The van der Waals surface area contributed by atoms with Gasteiger partial charge in [0.2, 0.25) is 0 Å². The van der Waals surface area contributed by atoms with Crippen molar-refractivity contribution in [2.75, 3.05) is 5.32 Å². The Labute approximate surface area is 198 Å². The van der Waals surface area contributed by atoms with Crippen LogP contribution in [0.4, 0.5) is 14.5 Å². The molecule has 0 bridgehead atoms. The number of aromatic nitrogens is 4. The van der Waals surface area contributed by atoms with E-state index in [2.05, 4.69) is 31.7 Å². The van der Waals surface area contributed by atoms with Gasteiger partial charge in [-0.2, -0.15) is 10.2 Å². The lowest BCUT2D eigenvalue weighted by Gasteiger charge is -2.21. The van der Waals surface area contributed by atoms with E-state index >= 15 is 0 Å². The number of benzene rings is 2. The Kier molecular flexibility index (Phi) is 5.65. The number of imidazole rings is 1. The lowest BCUT2D eigenvalue weighted by molar-refractivity contribution is -0.0964. The van der Waals surface area contributed by atoms with Crippen molar-refractivity contribution < 1.29 is 18.3 Å². The summed E-state index contributed by atoms with van der Waals surface area (Å²) in [6.07, 6.45) is 3.71. The van der Waals surface area contributed by atoms with E-state index in [-0.39, 0.29) is 11.7 Å². The third-order valence-electron chi connectivity index (χ3n) is 5.79. The molecule has 0 saturated carbocycles. The van der Waals surface area contributed by atoms with E-state index in [1.54, 1.807) is 24.4 Å². The van der Waals surface area contributed by atoms with Crippen molar-refractivity contribution >= 4 is 34.2 Å². The number of rotatable bonds is 5. The third-order valence-corrected chi connectivity index (χ3v) is 5.86. The molecule has 1 aliphatic rings. The fourth-order valence-corrected chi connectivity index (χ4v) is 4.38. The summed E-state index contributed by atoms with van der Waals surface area (Å²) < 4.78 is 32.1. The van der Waals surface area contributed by atoms with E-state index in [4.69, 9.17) is 16.6 Å². The average molecular weight is 484 g/mol. The van der Waals surface area contributed by atoms with Gasteiger partial charge in [0.05, 0.1) is 16.7 Å². The number of anilines is 1. The van der Waals surface area contributed by atoms with Gasteiger partial charge in [-0.15, -0.1) is 8.78 Å². The Morgan fingerprint density at radius 2 is 2.03 bits per heavy atom. The molecule has 1 atom stereocenters. The van der Waals surface area contributed by atoms with Crippen LogP contribution in [0.2, 0.25) is 0 Å². The summed E-state index contributed by atoms with van der Waals surface area (Å²) in [4.78, 5) is 18.0. The normalized spacial score (nSPS) is 15.7. The predicted octanol–water partition coefficient (Wildman–Crippen LogP) is 5.81. The molecule has 34 heavy (non-hydrogen) atoms. The second kappa shape index (κ2) is 8.64. The van der Waals surface area contributed by atoms with Gasteiger partial charge in [0, 0.05) is 47.1 Å². The van der Waals surface area contributed by atoms with Crippen LogP contribution < -0.4 is 10.1 Å². The Balaban J connectivity index is 1.52. The second-order valence-electron chi connectivity index (χ2n) is 8.19. The summed E-state index contributed by atoms with van der Waals surface area (Å²) >= 11 is 4.79. The van der Waals surface area contributed by atoms with Gasteiger partial charge in [-0.3, -0.25) is 4.79 Å². The van der Waals surface area contributed by atoms with Crippen LogP contribution >= 0.6 is 11.6 Å². The summed E-state index contributed by atoms with van der Waals surface area (Å²) in [5.41, 5.74) is 0.0616. The van der Waals surface area contributed by atoms with Crippen LogP contribution in [-0.2, 0) is 6.54 Å². The van der Waals surface area contributed by atoms with Crippen LogP contribution in [0.5, 0.6) is 5.75 Å². The van der Waals surface area contributed by atoms with Crippen molar-refractivity contribution in [1.29, 1.82) is 0 Å². The zero-order chi connectivity index (χ0) is 23.9. The Morgan fingerprint density at radius 3 is 2.74 bits per heavy atom. The fourth-order valence-electron chi connectivity index (χ4n) is 4.29. The Morgan fingerprint density at radius 1 is 1.24 bits per heavy atom. The first kappa shape index (κ1) is 22.2. The van der Waals surface area contributed by atoms with Gasteiger partial charge < -0.3 is 14.6 Å². The molecule has 7 nitrogen and oxygen atoms in total. The van der Waals surface area contributed by atoms with Crippen LogP contribution in [0.1, 0.15) is 41.9 Å². The minimum atomic E-state index is -3.81. The summed E-state index contributed by atoms with van der Waals surface area (Å²) in [6.45, 7) is 3.00. The zero-order valence-electron chi connectivity index (χ0n) is 18.1. The van der Waals surface area contributed by atoms with Crippen molar-refractivity contribution in [2.24, 2.45) is 0 Å². The molecule has 174 valence electrons. The number of carbonyl (C=O) groups is 1. The molecule has 1 aliphatic heterocycles. The minimum absolute atomic E-state index is 0.123. The molecule has 0 fully saturated rings. The summed E-state index contributed by atoms with van der Waals surface area (Å²) in [6, 6.07) is 12.7. The molecule has 2 aromatic heterocycles. The number of nitrogens with one attached hydrogen (secondary N) is 1. The lowest BCUT2D eigenvalue weighted by Crippen LogP contribution is -2.16. The average Bonchev–Trinajstić information content (AvgIpc) is 3.19. The highest BCUT2D eigenvalue weighted by atomic mass is 35.5. The van der Waals surface area contributed by atoms with Crippen LogP contribution in [0, 0.1) is 0 Å². The quantitative estimate of drug-likeness (QED) is 0.362. The number of fused-ring (bicyclic) bond motifs is 3. The molecule has 1 N–H and O–H groups in total. The third kappa shape index (κ3) is 4.43. The SMILES string of the molecule is C[C@@H]1CCCn2c1nc1cc(C(=O)Nc3ccc(OC(F)(F)Cl)cc3)cc(-c3cccnn3)c12. The van der Waals surface area contributed by atoms with Crippen LogP contribution in [0.25, 0.3) is 22.3 Å². The minimum Gasteiger partial charge on any atom is -0.420 e. The van der Waals surface area contributed by atoms with Crippen LogP contribution in [-0.4, -0.2) is 31.2 Å². The van der Waals surface area contributed by atoms with Crippen LogP contribution in [0.15, 0.2) is 54.7 Å². The van der Waals surface area contributed by atoms with Crippen molar-refractivity contribution in [3.8, 4) is 17.0 Å². The standard InChI is InChI=1S/C24H20ClF2N5O2/c1-14-4-3-11-32-21-18(19-5-2-10-28-31-19)12-15(13-20(21)30-22(14)32)23(33)29-16-6-8-17(9-7-16)34-24(25,26)27/h2,5-10,12-14H,3-4,11H2,1H3,(H,29,33)/t14-/m1/s1. The van der Waals surface area contributed by atoms with E-state index in [0.717, 1.165) is 36.3 Å². The number of aryl methyl sites for hydroxylation is 1. The molecular formula is C24H20ClF2N5O2. The molecule has 0 saturated heterocycles. The second-order valence-corrected chi connectivity index (χ2v) is 8.63. The van der Waals surface area contributed by atoms with Gasteiger partial charge >= 0.3 is 5.57 Å². The van der Waals surface area contributed by atoms with Crippen LogP contribution in [0.3, 0.4) is 0 Å².